The predicted molar refractivity (Wildman–Crippen MR) is 45.1 cm³/mol. The molecule has 0 radical (unpaired) electrons. The lowest BCUT2D eigenvalue weighted by atomic mass is 10.00. The molecule has 0 amide bonds. The Balaban J connectivity index is 2.31. The molecule has 0 heterocycles. The number of carbonyl (C=O) groups is 1. The summed E-state index contributed by atoms with van der Waals surface area (Å²) in [5, 5.41) is 8.45. The molecule has 1 aliphatic rings. The lowest BCUT2D eigenvalue weighted by Gasteiger charge is -2.18. The Bertz CT molecular complexity index is 196. The van der Waals surface area contributed by atoms with Gasteiger partial charge >= 0.3 is 12.6 Å². The van der Waals surface area contributed by atoms with Crippen LogP contribution in [0, 0.1) is 5.92 Å². The zero-order valence-electron chi connectivity index (χ0n) is 7.79. The summed E-state index contributed by atoms with van der Waals surface area (Å²) in [6.07, 6.45) is 2.29. The molecule has 3 nitrogen and oxygen atoms in total. The van der Waals surface area contributed by atoms with Crippen LogP contribution in [0.4, 0.5) is 8.78 Å². The molecule has 5 heteroatoms. The molecule has 0 spiro atoms. The van der Waals surface area contributed by atoms with Crippen molar-refractivity contribution in [3.8, 4) is 0 Å². The quantitative estimate of drug-likeness (QED) is 0.753. The highest BCUT2D eigenvalue weighted by Gasteiger charge is 2.30. The lowest BCUT2D eigenvalue weighted by Crippen LogP contribution is -2.21. The van der Waals surface area contributed by atoms with Crippen molar-refractivity contribution in [2.45, 2.75) is 44.8 Å². The number of ether oxygens (including phenoxy) is 1. The standard InChI is InChI=1S/C9H14F2O3/c10-9(11)14-7-3-1-2-6(7)4-5-8(12)13/h6-7,9H,1-5H2,(H,12,13). The van der Waals surface area contributed by atoms with Gasteiger partial charge in [-0.2, -0.15) is 8.78 Å². The van der Waals surface area contributed by atoms with E-state index < -0.39 is 18.7 Å². The van der Waals surface area contributed by atoms with Crippen LogP contribution in [0.3, 0.4) is 0 Å². The van der Waals surface area contributed by atoms with E-state index in [-0.39, 0.29) is 12.3 Å². The summed E-state index contributed by atoms with van der Waals surface area (Å²) in [5.41, 5.74) is 0. The van der Waals surface area contributed by atoms with Gasteiger partial charge in [-0.05, 0) is 25.2 Å². The molecule has 0 saturated heterocycles. The summed E-state index contributed by atoms with van der Waals surface area (Å²) >= 11 is 0. The zero-order chi connectivity index (χ0) is 10.6. The summed E-state index contributed by atoms with van der Waals surface area (Å²) in [7, 11) is 0. The molecular weight excluding hydrogens is 194 g/mol. The van der Waals surface area contributed by atoms with Crippen LogP contribution in [-0.4, -0.2) is 23.8 Å². The molecule has 82 valence electrons. The van der Waals surface area contributed by atoms with E-state index in [1.165, 1.54) is 0 Å². The second-order valence-electron chi connectivity index (χ2n) is 3.56. The van der Waals surface area contributed by atoms with Crippen LogP contribution in [0.5, 0.6) is 0 Å². The van der Waals surface area contributed by atoms with Crippen molar-refractivity contribution in [1.29, 1.82) is 0 Å². The Kier molecular flexibility index (Phi) is 4.25. The lowest BCUT2D eigenvalue weighted by molar-refractivity contribution is -0.171. The van der Waals surface area contributed by atoms with E-state index in [9.17, 15) is 13.6 Å². The molecule has 14 heavy (non-hydrogen) atoms. The van der Waals surface area contributed by atoms with E-state index in [4.69, 9.17) is 5.11 Å². The third-order valence-corrected chi connectivity index (χ3v) is 2.60. The van der Waals surface area contributed by atoms with Gasteiger partial charge in [0.05, 0.1) is 6.10 Å². The number of halogens is 2. The van der Waals surface area contributed by atoms with Crippen molar-refractivity contribution in [2.24, 2.45) is 5.92 Å². The first-order valence-electron chi connectivity index (χ1n) is 4.75. The predicted octanol–water partition coefficient (Wildman–Crippen LogP) is 2.26. The second kappa shape index (κ2) is 5.24. The van der Waals surface area contributed by atoms with Crippen molar-refractivity contribution < 1.29 is 23.4 Å². The Labute approximate surface area is 81.1 Å². The van der Waals surface area contributed by atoms with Gasteiger partial charge in [0, 0.05) is 6.42 Å². The number of carboxylic acids is 1. The van der Waals surface area contributed by atoms with Gasteiger partial charge in [0.1, 0.15) is 0 Å². The molecule has 0 aliphatic heterocycles. The monoisotopic (exact) mass is 208 g/mol. The fourth-order valence-electron chi connectivity index (χ4n) is 1.95. The molecule has 0 aromatic carbocycles. The van der Waals surface area contributed by atoms with Gasteiger partial charge in [-0.25, -0.2) is 0 Å². The van der Waals surface area contributed by atoms with Crippen LogP contribution in [0.2, 0.25) is 0 Å². The van der Waals surface area contributed by atoms with Crippen molar-refractivity contribution in [3.63, 3.8) is 0 Å². The van der Waals surface area contributed by atoms with Crippen LogP contribution in [0.1, 0.15) is 32.1 Å². The van der Waals surface area contributed by atoms with E-state index in [1.807, 2.05) is 0 Å². The molecule has 1 aliphatic carbocycles. The molecule has 0 bridgehead atoms. The minimum absolute atomic E-state index is 0.0138. The summed E-state index contributed by atoms with van der Waals surface area (Å²) in [6, 6.07) is 0. The van der Waals surface area contributed by atoms with Crippen LogP contribution in [-0.2, 0) is 9.53 Å². The summed E-state index contributed by atoms with van der Waals surface area (Å²) in [6.45, 7) is -2.74. The number of hydrogen-bond donors (Lipinski definition) is 1. The van der Waals surface area contributed by atoms with Gasteiger partial charge in [0.25, 0.3) is 0 Å². The number of alkyl halides is 2. The number of aliphatic carboxylic acids is 1. The van der Waals surface area contributed by atoms with Crippen molar-refractivity contribution in [2.75, 3.05) is 0 Å². The van der Waals surface area contributed by atoms with Gasteiger partial charge in [-0.15, -0.1) is 0 Å². The molecule has 2 atom stereocenters. The third kappa shape index (κ3) is 3.57. The van der Waals surface area contributed by atoms with E-state index in [2.05, 4.69) is 4.74 Å². The Morgan fingerprint density at radius 3 is 2.79 bits per heavy atom. The fraction of sp³-hybridized carbons (Fsp3) is 0.889. The van der Waals surface area contributed by atoms with Crippen molar-refractivity contribution in [3.05, 3.63) is 0 Å². The molecular formula is C9H14F2O3. The van der Waals surface area contributed by atoms with Crippen molar-refractivity contribution in [1.82, 2.24) is 0 Å². The normalized spacial score (nSPS) is 27.1. The van der Waals surface area contributed by atoms with E-state index in [1.54, 1.807) is 0 Å². The number of hydrogen-bond acceptors (Lipinski definition) is 2. The minimum atomic E-state index is -2.74. The molecule has 1 N–H and O–H groups in total. The highest BCUT2D eigenvalue weighted by Crippen LogP contribution is 2.32. The van der Waals surface area contributed by atoms with Crippen molar-refractivity contribution >= 4 is 5.97 Å². The highest BCUT2D eigenvalue weighted by atomic mass is 19.3. The molecule has 0 aromatic rings. The SMILES string of the molecule is O=C(O)CCC1CCCC1OC(F)F. The highest BCUT2D eigenvalue weighted by molar-refractivity contribution is 5.66. The minimum Gasteiger partial charge on any atom is -0.481 e. The first-order chi connectivity index (χ1) is 6.59. The van der Waals surface area contributed by atoms with E-state index >= 15 is 0 Å². The van der Waals surface area contributed by atoms with Gasteiger partial charge < -0.3 is 9.84 Å². The largest absolute Gasteiger partial charge is 0.481 e. The first-order valence-corrected chi connectivity index (χ1v) is 4.75. The maximum Gasteiger partial charge on any atom is 0.345 e. The Morgan fingerprint density at radius 1 is 1.50 bits per heavy atom. The average Bonchev–Trinajstić information content (AvgIpc) is 2.47. The molecule has 1 rings (SSSR count). The topological polar surface area (TPSA) is 46.5 Å². The van der Waals surface area contributed by atoms with E-state index in [0.29, 0.717) is 12.8 Å². The van der Waals surface area contributed by atoms with Crippen LogP contribution >= 0.6 is 0 Å². The summed E-state index contributed by atoms with van der Waals surface area (Å²) in [4.78, 5) is 10.3. The van der Waals surface area contributed by atoms with E-state index in [0.717, 1.165) is 12.8 Å². The molecule has 1 fully saturated rings. The summed E-state index contributed by atoms with van der Waals surface area (Å²) < 4.78 is 28.3. The Hall–Kier alpha value is -0.710. The maximum atomic E-state index is 11.9. The number of rotatable bonds is 5. The summed E-state index contributed by atoms with van der Waals surface area (Å²) in [5.74, 6) is -0.896. The Morgan fingerprint density at radius 2 is 2.21 bits per heavy atom. The van der Waals surface area contributed by atoms with Crippen LogP contribution in [0.15, 0.2) is 0 Å². The zero-order valence-corrected chi connectivity index (χ0v) is 7.79. The first kappa shape index (κ1) is 11.4. The average molecular weight is 208 g/mol. The smallest absolute Gasteiger partial charge is 0.345 e. The molecule has 1 saturated carbocycles. The number of carboxylic acid groups (broad SMARTS) is 1. The van der Waals surface area contributed by atoms with Gasteiger partial charge in [0.2, 0.25) is 0 Å². The third-order valence-electron chi connectivity index (χ3n) is 2.60. The van der Waals surface area contributed by atoms with Crippen LogP contribution in [0.25, 0.3) is 0 Å². The van der Waals surface area contributed by atoms with Gasteiger partial charge in [-0.1, -0.05) is 6.42 Å². The maximum absolute atomic E-state index is 11.9. The van der Waals surface area contributed by atoms with Crippen LogP contribution < -0.4 is 0 Å². The van der Waals surface area contributed by atoms with Gasteiger partial charge in [-0.3, -0.25) is 4.79 Å². The molecule has 0 aromatic heterocycles. The molecule has 2 unspecified atom stereocenters. The second-order valence-corrected chi connectivity index (χ2v) is 3.56. The fourth-order valence-corrected chi connectivity index (χ4v) is 1.95. The van der Waals surface area contributed by atoms with Gasteiger partial charge in [0.15, 0.2) is 0 Å².